The minimum Gasteiger partial charge on any atom is -0.481 e. The molecule has 1 aromatic carbocycles. The number of anilines is 1. The molecule has 5 rings (SSSR count). The molecule has 0 unspecified atom stereocenters. The summed E-state index contributed by atoms with van der Waals surface area (Å²) < 4.78 is 3.67. The first-order valence-electron chi connectivity index (χ1n) is 10.2. The number of nitrogens with zero attached hydrogens (tertiary/aromatic N) is 7. The van der Waals surface area contributed by atoms with Gasteiger partial charge in [0.15, 0.2) is 17.0 Å². The highest BCUT2D eigenvalue weighted by Gasteiger charge is 2.43. The molecule has 4 heterocycles. The number of rotatable bonds is 4. The molecular weight excluding hydrogens is 394 g/mol. The summed E-state index contributed by atoms with van der Waals surface area (Å²) in [5.41, 5.74) is 2.33. The zero-order valence-corrected chi connectivity index (χ0v) is 17.4. The molecule has 0 amide bonds. The predicted octanol–water partition coefficient (Wildman–Crippen LogP) is 2.39. The Morgan fingerprint density at radius 2 is 1.84 bits per heavy atom. The van der Waals surface area contributed by atoms with Crippen molar-refractivity contribution in [2.45, 2.75) is 18.3 Å². The van der Waals surface area contributed by atoms with Crippen LogP contribution in [0, 0.1) is 0 Å². The number of benzene rings is 1. The molecular formula is C22H23N7O2. The summed E-state index contributed by atoms with van der Waals surface area (Å²) in [5, 5.41) is 14.3. The van der Waals surface area contributed by atoms with Gasteiger partial charge in [0.1, 0.15) is 12.2 Å². The van der Waals surface area contributed by atoms with Crippen LogP contribution in [0.1, 0.15) is 18.4 Å². The van der Waals surface area contributed by atoms with E-state index in [1.165, 1.54) is 0 Å². The second-order valence-electron chi connectivity index (χ2n) is 8.01. The van der Waals surface area contributed by atoms with E-state index in [4.69, 9.17) is 4.98 Å². The maximum absolute atomic E-state index is 12.3. The summed E-state index contributed by atoms with van der Waals surface area (Å²) in [6, 6.07) is 9.52. The van der Waals surface area contributed by atoms with Crippen LogP contribution in [-0.2, 0) is 24.3 Å². The summed E-state index contributed by atoms with van der Waals surface area (Å²) in [7, 11) is 3.79. The lowest BCUT2D eigenvalue weighted by Crippen LogP contribution is -2.47. The maximum atomic E-state index is 12.3. The van der Waals surface area contributed by atoms with E-state index in [9.17, 15) is 9.90 Å². The highest BCUT2D eigenvalue weighted by molar-refractivity contribution is 5.87. The molecule has 31 heavy (non-hydrogen) atoms. The number of carboxylic acid groups (broad SMARTS) is 1. The van der Waals surface area contributed by atoms with E-state index in [0.29, 0.717) is 31.4 Å². The molecule has 9 heteroatoms. The summed E-state index contributed by atoms with van der Waals surface area (Å²) >= 11 is 0. The molecule has 0 bridgehead atoms. The molecule has 0 atom stereocenters. The van der Waals surface area contributed by atoms with Crippen molar-refractivity contribution in [3.05, 3.63) is 54.6 Å². The number of fused-ring (bicyclic) bond motifs is 1. The Morgan fingerprint density at radius 3 is 2.48 bits per heavy atom. The minimum atomic E-state index is -0.880. The first-order valence-corrected chi connectivity index (χ1v) is 10.2. The van der Waals surface area contributed by atoms with Crippen molar-refractivity contribution in [2.24, 2.45) is 14.1 Å². The Kier molecular flexibility index (Phi) is 4.46. The Labute approximate surface area is 179 Å². The molecule has 1 aliphatic rings. The van der Waals surface area contributed by atoms with E-state index >= 15 is 0 Å². The van der Waals surface area contributed by atoms with Gasteiger partial charge in [-0.15, -0.1) is 0 Å². The third kappa shape index (κ3) is 3.04. The molecule has 0 saturated carbocycles. The predicted molar refractivity (Wildman–Crippen MR) is 116 cm³/mol. The fourth-order valence-corrected chi connectivity index (χ4v) is 4.50. The van der Waals surface area contributed by atoms with Crippen LogP contribution in [0.4, 0.5) is 5.82 Å². The molecule has 0 radical (unpaired) electrons. The van der Waals surface area contributed by atoms with Gasteiger partial charge in [-0.1, -0.05) is 30.3 Å². The standard InChI is InChI=1S/C22H23N7O2/c1-27-13-15(12-25-27)18-26-17-19(28(18)2)23-14-24-20(17)29-10-8-22(9-11-29,21(30)31)16-6-4-3-5-7-16/h3-7,12-14H,8-11H2,1-2H3,(H,30,31). The molecule has 9 nitrogen and oxygen atoms in total. The SMILES string of the molecule is Cn1cc(-c2nc3c(N4CCC(C(=O)O)(c5ccccc5)CC4)ncnc3n2C)cn1. The van der Waals surface area contributed by atoms with Crippen molar-refractivity contribution in [1.82, 2.24) is 29.3 Å². The number of carbonyl (C=O) groups is 1. The molecule has 1 aliphatic heterocycles. The fraction of sp³-hybridized carbons (Fsp3) is 0.318. The van der Waals surface area contributed by atoms with Crippen molar-refractivity contribution >= 4 is 23.0 Å². The van der Waals surface area contributed by atoms with Gasteiger partial charge in [0, 0.05) is 33.4 Å². The van der Waals surface area contributed by atoms with Crippen molar-refractivity contribution in [3.63, 3.8) is 0 Å². The monoisotopic (exact) mass is 417 g/mol. The average Bonchev–Trinajstić information content (AvgIpc) is 3.37. The van der Waals surface area contributed by atoms with Crippen molar-refractivity contribution in [2.75, 3.05) is 18.0 Å². The lowest BCUT2D eigenvalue weighted by molar-refractivity contribution is -0.144. The quantitative estimate of drug-likeness (QED) is 0.544. The lowest BCUT2D eigenvalue weighted by atomic mass is 9.73. The zero-order chi connectivity index (χ0) is 21.6. The maximum Gasteiger partial charge on any atom is 0.314 e. The first kappa shape index (κ1) is 19.2. The number of carboxylic acids is 1. The van der Waals surface area contributed by atoms with Gasteiger partial charge in [0.25, 0.3) is 0 Å². The number of aromatic nitrogens is 6. The number of piperidine rings is 1. The van der Waals surface area contributed by atoms with Gasteiger partial charge in [-0.3, -0.25) is 9.48 Å². The van der Waals surface area contributed by atoms with Gasteiger partial charge in [-0.25, -0.2) is 15.0 Å². The largest absolute Gasteiger partial charge is 0.481 e. The number of hydrogen-bond acceptors (Lipinski definition) is 6. The third-order valence-corrected chi connectivity index (χ3v) is 6.25. The number of imidazole rings is 1. The highest BCUT2D eigenvalue weighted by atomic mass is 16.4. The molecule has 1 fully saturated rings. The number of aryl methyl sites for hydroxylation is 2. The van der Waals surface area contributed by atoms with E-state index in [2.05, 4.69) is 20.0 Å². The Bertz CT molecular complexity index is 1250. The van der Waals surface area contributed by atoms with Crippen molar-refractivity contribution in [1.29, 1.82) is 0 Å². The minimum absolute atomic E-state index is 0.500. The molecule has 1 saturated heterocycles. The lowest BCUT2D eigenvalue weighted by Gasteiger charge is -2.39. The Hall–Kier alpha value is -3.75. The average molecular weight is 417 g/mol. The third-order valence-electron chi connectivity index (χ3n) is 6.25. The van der Waals surface area contributed by atoms with Gasteiger partial charge in [0.2, 0.25) is 0 Å². The number of hydrogen-bond donors (Lipinski definition) is 1. The van der Waals surface area contributed by atoms with Crippen LogP contribution in [0.5, 0.6) is 0 Å². The van der Waals surface area contributed by atoms with E-state index in [-0.39, 0.29) is 0 Å². The normalized spacial score (nSPS) is 16.0. The second-order valence-corrected chi connectivity index (χ2v) is 8.01. The van der Waals surface area contributed by atoms with Gasteiger partial charge in [0.05, 0.1) is 17.2 Å². The van der Waals surface area contributed by atoms with Crippen LogP contribution >= 0.6 is 0 Å². The summed E-state index contributed by atoms with van der Waals surface area (Å²) in [4.78, 5) is 28.2. The van der Waals surface area contributed by atoms with Crippen LogP contribution in [0.2, 0.25) is 0 Å². The van der Waals surface area contributed by atoms with Gasteiger partial charge in [-0.05, 0) is 18.4 Å². The van der Waals surface area contributed by atoms with Crippen LogP contribution in [0.3, 0.4) is 0 Å². The number of aliphatic carboxylic acids is 1. The summed E-state index contributed by atoms with van der Waals surface area (Å²) in [6.45, 7) is 1.15. The van der Waals surface area contributed by atoms with Gasteiger partial charge in [-0.2, -0.15) is 5.10 Å². The summed E-state index contributed by atoms with van der Waals surface area (Å²) in [5.74, 6) is 0.733. The first-order chi connectivity index (χ1) is 15.0. The Morgan fingerprint density at radius 1 is 1.10 bits per heavy atom. The van der Waals surface area contributed by atoms with Crippen LogP contribution in [0.15, 0.2) is 49.1 Å². The van der Waals surface area contributed by atoms with E-state index in [1.807, 2.05) is 55.2 Å². The molecule has 3 aromatic heterocycles. The molecule has 4 aromatic rings. The second kappa shape index (κ2) is 7.19. The Balaban J connectivity index is 1.49. The molecule has 0 spiro atoms. The molecule has 158 valence electrons. The summed E-state index contributed by atoms with van der Waals surface area (Å²) in [6.07, 6.45) is 6.23. The smallest absolute Gasteiger partial charge is 0.314 e. The van der Waals surface area contributed by atoms with E-state index < -0.39 is 11.4 Å². The van der Waals surface area contributed by atoms with E-state index in [0.717, 1.165) is 28.4 Å². The van der Waals surface area contributed by atoms with Crippen molar-refractivity contribution < 1.29 is 9.90 Å². The van der Waals surface area contributed by atoms with Crippen molar-refractivity contribution in [3.8, 4) is 11.4 Å². The van der Waals surface area contributed by atoms with Gasteiger partial charge < -0.3 is 14.6 Å². The zero-order valence-electron chi connectivity index (χ0n) is 17.4. The van der Waals surface area contributed by atoms with Crippen LogP contribution in [-0.4, -0.2) is 53.5 Å². The van der Waals surface area contributed by atoms with Gasteiger partial charge >= 0.3 is 5.97 Å². The fourth-order valence-electron chi connectivity index (χ4n) is 4.50. The molecule has 1 N–H and O–H groups in total. The van der Waals surface area contributed by atoms with E-state index in [1.54, 1.807) is 17.2 Å². The van der Waals surface area contributed by atoms with Crippen LogP contribution in [0.25, 0.3) is 22.6 Å². The topological polar surface area (TPSA) is 102 Å². The molecule has 0 aliphatic carbocycles. The van der Waals surface area contributed by atoms with Crippen LogP contribution < -0.4 is 4.90 Å². The highest BCUT2D eigenvalue weighted by Crippen LogP contribution is 2.38.